The van der Waals surface area contributed by atoms with Crippen molar-refractivity contribution in [2.24, 2.45) is 5.73 Å². The van der Waals surface area contributed by atoms with Gasteiger partial charge >= 0.3 is 0 Å². The van der Waals surface area contributed by atoms with Gasteiger partial charge in [0, 0.05) is 31.9 Å². The van der Waals surface area contributed by atoms with E-state index in [4.69, 9.17) is 5.73 Å². The fraction of sp³-hybridized carbons (Fsp3) is 0.364. The number of hydrogen-bond acceptors (Lipinski definition) is 3. The first-order valence-electron chi connectivity index (χ1n) is 4.99. The van der Waals surface area contributed by atoms with Crippen molar-refractivity contribution in [1.29, 1.82) is 0 Å². The van der Waals surface area contributed by atoms with Crippen molar-refractivity contribution in [3.63, 3.8) is 0 Å². The Bertz CT molecular complexity index is 381. The van der Waals surface area contributed by atoms with Crippen LogP contribution >= 0.6 is 0 Å². The number of halogens is 1. The van der Waals surface area contributed by atoms with E-state index in [1.807, 2.05) is 0 Å². The molecule has 0 aliphatic rings. The first-order valence-corrected chi connectivity index (χ1v) is 4.99. The molecule has 0 fully saturated rings. The Morgan fingerprint density at radius 3 is 2.81 bits per heavy atom. The van der Waals surface area contributed by atoms with Gasteiger partial charge in [0.25, 0.3) is 0 Å². The molecule has 1 rings (SSSR count). The standard InChI is InChI=1S/C11H16FN3O/c1-14-11(16)7-15(2)10-5-3-4-9(12)8(10)6-13/h3-5H,6-7,13H2,1-2H3,(H,14,16). The Balaban J connectivity index is 2.94. The smallest absolute Gasteiger partial charge is 0.239 e. The highest BCUT2D eigenvalue weighted by atomic mass is 19.1. The third-order valence-corrected chi connectivity index (χ3v) is 2.37. The molecule has 5 heteroatoms. The highest BCUT2D eigenvalue weighted by Gasteiger charge is 2.12. The van der Waals surface area contributed by atoms with Crippen LogP contribution in [0.1, 0.15) is 5.56 Å². The molecule has 16 heavy (non-hydrogen) atoms. The van der Waals surface area contributed by atoms with Crippen LogP contribution in [0.3, 0.4) is 0 Å². The van der Waals surface area contributed by atoms with Crippen LogP contribution in [0.15, 0.2) is 18.2 Å². The van der Waals surface area contributed by atoms with Crippen molar-refractivity contribution in [2.75, 3.05) is 25.5 Å². The minimum absolute atomic E-state index is 0.111. The van der Waals surface area contributed by atoms with E-state index in [0.717, 1.165) is 0 Å². The topological polar surface area (TPSA) is 58.4 Å². The molecule has 0 aliphatic carbocycles. The van der Waals surface area contributed by atoms with Gasteiger partial charge in [0.15, 0.2) is 0 Å². The lowest BCUT2D eigenvalue weighted by atomic mass is 10.1. The minimum Gasteiger partial charge on any atom is -0.365 e. The molecule has 0 unspecified atom stereocenters. The Hall–Kier alpha value is -1.62. The minimum atomic E-state index is -0.344. The first-order chi connectivity index (χ1) is 7.60. The maximum atomic E-state index is 13.4. The molecule has 0 radical (unpaired) electrons. The van der Waals surface area contributed by atoms with Crippen molar-refractivity contribution in [3.05, 3.63) is 29.6 Å². The summed E-state index contributed by atoms with van der Waals surface area (Å²) in [7, 11) is 3.29. The highest BCUT2D eigenvalue weighted by molar-refractivity contribution is 5.81. The summed E-state index contributed by atoms with van der Waals surface area (Å²) in [6.07, 6.45) is 0. The molecule has 88 valence electrons. The summed E-state index contributed by atoms with van der Waals surface area (Å²) in [5, 5.41) is 2.51. The maximum absolute atomic E-state index is 13.4. The number of carbonyl (C=O) groups is 1. The lowest BCUT2D eigenvalue weighted by Crippen LogP contribution is -2.33. The van der Waals surface area contributed by atoms with E-state index in [2.05, 4.69) is 5.32 Å². The molecule has 3 N–H and O–H groups in total. The number of rotatable bonds is 4. The average molecular weight is 225 g/mol. The van der Waals surface area contributed by atoms with Gasteiger partial charge in [-0.25, -0.2) is 4.39 Å². The molecule has 0 atom stereocenters. The van der Waals surface area contributed by atoms with Crippen LogP contribution in [0.5, 0.6) is 0 Å². The molecule has 0 saturated carbocycles. The van der Waals surface area contributed by atoms with Gasteiger partial charge in [-0.2, -0.15) is 0 Å². The quantitative estimate of drug-likeness (QED) is 0.783. The molecule has 0 saturated heterocycles. The second-order valence-corrected chi connectivity index (χ2v) is 3.47. The van der Waals surface area contributed by atoms with E-state index in [1.54, 1.807) is 31.1 Å². The lowest BCUT2D eigenvalue weighted by molar-refractivity contribution is -0.119. The number of hydrogen-bond donors (Lipinski definition) is 2. The van der Waals surface area contributed by atoms with Crippen LogP contribution in [0.4, 0.5) is 10.1 Å². The Labute approximate surface area is 94.2 Å². The van der Waals surface area contributed by atoms with Crippen molar-refractivity contribution in [1.82, 2.24) is 5.32 Å². The number of amides is 1. The number of anilines is 1. The Kier molecular flexibility index (Phi) is 4.25. The Morgan fingerprint density at radius 2 is 2.25 bits per heavy atom. The van der Waals surface area contributed by atoms with E-state index in [9.17, 15) is 9.18 Å². The lowest BCUT2D eigenvalue weighted by Gasteiger charge is -2.21. The van der Waals surface area contributed by atoms with Crippen molar-refractivity contribution < 1.29 is 9.18 Å². The fourth-order valence-corrected chi connectivity index (χ4v) is 1.49. The molecule has 1 aromatic carbocycles. The molecule has 0 aromatic heterocycles. The normalized spacial score (nSPS) is 10.0. The van der Waals surface area contributed by atoms with Gasteiger partial charge in [-0.1, -0.05) is 6.07 Å². The summed E-state index contributed by atoms with van der Waals surface area (Å²) in [5.74, 6) is -0.474. The van der Waals surface area contributed by atoms with E-state index < -0.39 is 0 Å². The average Bonchev–Trinajstić information content (AvgIpc) is 2.28. The molecule has 0 spiro atoms. The molecular formula is C11H16FN3O. The van der Waals surface area contributed by atoms with E-state index >= 15 is 0 Å². The van der Waals surface area contributed by atoms with E-state index in [1.165, 1.54) is 6.07 Å². The van der Waals surface area contributed by atoms with Gasteiger partial charge in [0.2, 0.25) is 5.91 Å². The van der Waals surface area contributed by atoms with Gasteiger partial charge in [-0.05, 0) is 12.1 Å². The number of likely N-dealkylation sites (N-methyl/N-ethyl adjacent to an activating group) is 2. The molecule has 4 nitrogen and oxygen atoms in total. The zero-order valence-corrected chi connectivity index (χ0v) is 9.46. The number of carbonyl (C=O) groups excluding carboxylic acids is 1. The van der Waals surface area contributed by atoms with Crippen molar-refractivity contribution in [2.45, 2.75) is 6.54 Å². The zero-order valence-electron chi connectivity index (χ0n) is 9.46. The van der Waals surface area contributed by atoms with Crippen LogP contribution in [-0.4, -0.2) is 26.5 Å². The van der Waals surface area contributed by atoms with Crippen LogP contribution in [0.25, 0.3) is 0 Å². The van der Waals surface area contributed by atoms with Crippen LogP contribution in [-0.2, 0) is 11.3 Å². The summed E-state index contributed by atoms with van der Waals surface area (Å²) in [4.78, 5) is 12.9. The molecular weight excluding hydrogens is 209 g/mol. The molecule has 0 bridgehead atoms. The third kappa shape index (κ3) is 2.70. The van der Waals surface area contributed by atoms with Gasteiger partial charge in [0.05, 0.1) is 6.54 Å². The fourth-order valence-electron chi connectivity index (χ4n) is 1.49. The van der Waals surface area contributed by atoms with E-state index in [-0.39, 0.29) is 24.8 Å². The Morgan fingerprint density at radius 1 is 1.56 bits per heavy atom. The number of benzene rings is 1. The van der Waals surface area contributed by atoms with Crippen LogP contribution in [0.2, 0.25) is 0 Å². The first kappa shape index (κ1) is 12.4. The second-order valence-electron chi connectivity index (χ2n) is 3.47. The van der Waals surface area contributed by atoms with Crippen LogP contribution in [0, 0.1) is 5.82 Å². The zero-order chi connectivity index (χ0) is 12.1. The van der Waals surface area contributed by atoms with Crippen LogP contribution < -0.4 is 16.0 Å². The summed E-state index contributed by atoms with van der Waals surface area (Å²) in [6, 6.07) is 4.71. The van der Waals surface area contributed by atoms with Crippen molar-refractivity contribution in [3.8, 4) is 0 Å². The van der Waals surface area contributed by atoms with Gasteiger partial charge in [-0.15, -0.1) is 0 Å². The molecule has 0 heterocycles. The summed E-state index contributed by atoms with van der Waals surface area (Å²) in [5.41, 5.74) is 6.55. The van der Waals surface area contributed by atoms with Gasteiger partial charge < -0.3 is 16.0 Å². The predicted octanol–water partition coefficient (Wildman–Crippen LogP) is 0.467. The summed E-state index contributed by atoms with van der Waals surface area (Å²) in [6.45, 7) is 0.285. The van der Waals surface area contributed by atoms with Crippen molar-refractivity contribution >= 4 is 11.6 Å². The summed E-state index contributed by atoms with van der Waals surface area (Å²) >= 11 is 0. The van der Waals surface area contributed by atoms with Gasteiger partial charge in [-0.3, -0.25) is 4.79 Å². The van der Waals surface area contributed by atoms with E-state index in [0.29, 0.717) is 11.3 Å². The highest BCUT2D eigenvalue weighted by Crippen LogP contribution is 2.21. The third-order valence-electron chi connectivity index (χ3n) is 2.37. The largest absolute Gasteiger partial charge is 0.365 e. The predicted molar refractivity (Wildman–Crippen MR) is 61.6 cm³/mol. The SMILES string of the molecule is CNC(=O)CN(C)c1cccc(F)c1CN. The summed E-state index contributed by atoms with van der Waals surface area (Å²) < 4.78 is 13.4. The number of nitrogens with two attached hydrogens (primary N) is 1. The molecule has 1 amide bonds. The molecule has 0 aliphatic heterocycles. The van der Waals surface area contributed by atoms with Gasteiger partial charge in [0.1, 0.15) is 5.82 Å². The number of nitrogens with one attached hydrogen (secondary N) is 1. The maximum Gasteiger partial charge on any atom is 0.239 e. The number of nitrogens with zero attached hydrogens (tertiary/aromatic N) is 1. The second kappa shape index (κ2) is 5.46. The molecule has 1 aromatic rings. The monoisotopic (exact) mass is 225 g/mol.